The third-order valence-corrected chi connectivity index (χ3v) is 6.76. The molecule has 3 rings (SSSR count). The summed E-state index contributed by atoms with van der Waals surface area (Å²) in [6.45, 7) is 1.64. The van der Waals surface area contributed by atoms with Crippen molar-refractivity contribution in [3.05, 3.63) is 63.9 Å². The van der Waals surface area contributed by atoms with Gasteiger partial charge < -0.3 is 10.1 Å². The zero-order valence-corrected chi connectivity index (χ0v) is 16.7. The maximum Gasteiger partial charge on any atom is 0.252 e. The molecule has 0 aromatic heterocycles. The number of nitrogens with one attached hydrogen (secondary N) is 1. The van der Waals surface area contributed by atoms with Gasteiger partial charge in [0.15, 0.2) is 0 Å². The van der Waals surface area contributed by atoms with E-state index in [1.807, 2.05) is 0 Å². The lowest BCUT2D eigenvalue weighted by Gasteiger charge is -2.26. The number of hydrogen-bond donors (Lipinski definition) is 1. The summed E-state index contributed by atoms with van der Waals surface area (Å²) in [6, 6.07) is 10.2. The van der Waals surface area contributed by atoms with Crippen molar-refractivity contribution >= 4 is 31.9 Å². The summed E-state index contributed by atoms with van der Waals surface area (Å²) < 4.78 is 45.5. The number of ether oxygens (including phenoxy) is 1. The second kappa shape index (κ2) is 8.47. The first-order valence-corrected chi connectivity index (χ1v) is 10.5. The van der Waals surface area contributed by atoms with E-state index in [4.69, 9.17) is 4.74 Å². The monoisotopic (exact) mass is 456 g/mol. The molecule has 1 heterocycles. The SMILES string of the molecule is O=C(NCc1ccc(S(=O)(=O)N2CCOCC2)cc1)c1cc(F)ccc1Br. The summed E-state index contributed by atoms with van der Waals surface area (Å²) in [4.78, 5) is 12.4. The molecule has 1 fully saturated rings. The highest BCUT2D eigenvalue weighted by molar-refractivity contribution is 9.10. The van der Waals surface area contributed by atoms with Crippen LogP contribution in [0.15, 0.2) is 51.8 Å². The fourth-order valence-corrected chi connectivity index (χ4v) is 4.50. The molecule has 0 spiro atoms. The third kappa shape index (κ3) is 4.73. The van der Waals surface area contributed by atoms with Crippen molar-refractivity contribution in [3.63, 3.8) is 0 Å². The molecule has 0 bridgehead atoms. The Morgan fingerprint density at radius 1 is 1.15 bits per heavy atom. The normalized spacial score (nSPS) is 15.5. The van der Waals surface area contributed by atoms with E-state index in [-0.39, 0.29) is 17.0 Å². The Balaban J connectivity index is 1.65. The zero-order valence-electron chi connectivity index (χ0n) is 14.3. The predicted octanol–water partition coefficient (Wildman–Crippen LogP) is 2.54. The lowest BCUT2D eigenvalue weighted by atomic mass is 10.2. The van der Waals surface area contributed by atoms with Crippen molar-refractivity contribution in [3.8, 4) is 0 Å². The van der Waals surface area contributed by atoms with Gasteiger partial charge in [0.1, 0.15) is 5.82 Å². The van der Waals surface area contributed by atoms with Crippen LogP contribution in [0.2, 0.25) is 0 Å². The minimum absolute atomic E-state index is 0.194. The minimum atomic E-state index is -3.55. The van der Waals surface area contributed by atoms with Gasteiger partial charge in [0.05, 0.1) is 23.7 Å². The van der Waals surface area contributed by atoms with Crippen molar-refractivity contribution < 1.29 is 22.3 Å². The molecular formula is C18H18BrFN2O4S. The lowest BCUT2D eigenvalue weighted by Crippen LogP contribution is -2.40. The van der Waals surface area contributed by atoms with E-state index in [2.05, 4.69) is 21.2 Å². The molecule has 144 valence electrons. The smallest absolute Gasteiger partial charge is 0.252 e. The van der Waals surface area contributed by atoms with E-state index in [1.54, 1.807) is 12.1 Å². The summed E-state index contributed by atoms with van der Waals surface area (Å²) in [7, 11) is -3.55. The number of carbonyl (C=O) groups excluding carboxylic acids is 1. The number of benzene rings is 2. The van der Waals surface area contributed by atoms with Crippen LogP contribution in [-0.4, -0.2) is 44.9 Å². The van der Waals surface area contributed by atoms with Crippen LogP contribution < -0.4 is 5.32 Å². The molecule has 9 heteroatoms. The third-order valence-electron chi connectivity index (χ3n) is 4.16. The highest BCUT2D eigenvalue weighted by Crippen LogP contribution is 2.19. The molecular weight excluding hydrogens is 439 g/mol. The van der Waals surface area contributed by atoms with Crippen molar-refractivity contribution in [2.45, 2.75) is 11.4 Å². The van der Waals surface area contributed by atoms with Gasteiger partial charge in [-0.3, -0.25) is 4.79 Å². The number of morpholine rings is 1. The van der Waals surface area contributed by atoms with Crippen LogP contribution in [0.4, 0.5) is 4.39 Å². The number of rotatable bonds is 5. The van der Waals surface area contributed by atoms with Gasteiger partial charge >= 0.3 is 0 Å². The molecule has 0 unspecified atom stereocenters. The van der Waals surface area contributed by atoms with E-state index in [0.29, 0.717) is 30.8 Å². The number of carbonyl (C=O) groups is 1. The average Bonchev–Trinajstić information content (AvgIpc) is 2.69. The van der Waals surface area contributed by atoms with E-state index in [9.17, 15) is 17.6 Å². The van der Waals surface area contributed by atoms with Gasteiger partial charge in [-0.2, -0.15) is 4.31 Å². The Bertz CT molecular complexity index is 929. The largest absolute Gasteiger partial charge is 0.379 e. The molecule has 1 saturated heterocycles. The minimum Gasteiger partial charge on any atom is -0.379 e. The Labute approximate surface area is 165 Å². The summed E-state index contributed by atoms with van der Waals surface area (Å²) >= 11 is 3.22. The van der Waals surface area contributed by atoms with Crippen LogP contribution in [0, 0.1) is 5.82 Å². The number of sulfonamides is 1. The standard InChI is InChI=1S/C18H18BrFN2O4S/c19-17-6-3-14(20)11-16(17)18(23)21-12-13-1-4-15(5-2-13)27(24,25)22-7-9-26-10-8-22/h1-6,11H,7-10,12H2,(H,21,23). The lowest BCUT2D eigenvalue weighted by molar-refractivity contribution is 0.0730. The van der Waals surface area contributed by atoms with Crippen LogP contribution >= 0.6 is 15.9 Å². The van der Waals surface area contributed by atoms with Gasteiger partial charge in [0.2, 0.25) is 10.0 Å². The van der Waals surface area contributed by atoms with Gasteiger partial charge in [-0.1, -0.05) is 12.1 Å². The molecule has 2 aromatic rings. The maximum atomic E-state index is 13.3. The van der Waals surface area contributed by atoms with Gasteiger partial charge in [-0.25, -0.2) is 12.8 Å². The fourth-order valence-electron chi connectivity index (χ4n) is 2.66. The Morgan fingerprint density at radius 2 is 1.81 bits per heavy atom. The number of hydrogen-bond acceptors (Lipinski definition) is 4. The predicted molar refractivity (Wildman–Crippen MR) is 101 cm³/mol. The van der Waals surface area contributed by atoms with Crippen molar-refractivity contribution in [1.29, 1.82) is 0 Å². The second-order valence-corrected chi connectivity index (χ2v) is 8.76. The first-order chi connectivity index (χ1) is 12.9. The van der Waals surface area contributed by atoms with Gasteiger partial charge in [-0.15, -0.1) is 0 Å². The molecule has 1 N–H and O–H groups in total. The first kappa shape index (κ1) is 19.9. The Hall–Kier alpha value is -1.81. The molecule has 0 atom stereocenters. The molecule has 27 heavy (non-hydrogen) atoms. The van der Waals surface area contributed by atoms with E-state index < -0.39 is 21.7 Å². The maximum absolute atomic E-state index is 13.3. The molecule has 1 aliphatic heterocycles. The summed E-state index contributed by atoms with van der Waals surface area (Å²) in [5.74, 6) is -0.924. The Morgan fingerprint density at radius 3 is 2.48 bits per heavy atom. The van der Waals surface area contributed by atoms with Crippen LogP contribution in [0.1, 0.15) is 15.9 Å². The van der Waals surface area contributed by atoms with Gasteiger partial charge in [0, 0.05) is 24.1 Å². The van der Waals surface area contributed by atoms with Crippen molar-refractivity contribution in [2.24, 2.45) is 0 Å². The Kier molecular flexibility index (Phi) is 6.25. The zero-order chi connectivity index (χ0) is 19.4. The summed E-state index contributed by atoms with van der Waals surface area (Å²) in [6.07, 6.45) is 0. The number of halogens is 2. The number of amides is 1. The summed E-state index contributed by atoms with van der Waals surface area (Å²) in [5, 5.41) is 2.69. The molecule has 1 aliphatic rings. The van der Waals surface area contributed by atoms with Crippen molar-refractivity contribution in [1.82, 2.24) is 9.62 Å². The van der Waals surface area contributed by atoms with Gasteiger partial charge in [0.25, 0.3) is 5.91 Å². The first-order valence-electron chi connectivity index (χ1n) is 8.28. The van der Waals surface area contributed by atoms with Crippen molar-refractivity contribution in [2.75, 3.05) is 26.3 Å². The summed E-state index contributed by atoms with van der Waals surface area (Å²) in [5.41, 5.74) is 0.929. The fraction of sp³-hybridized carbons (Fsp3) is 0.278. The molecule has 0 saturated carbocycles. The van der Waals surface area contributed by atoms with Crippen LogP contribution in [0.3, 0.4) is 0 Å². The second-order valence-electron chi connectivity index (χ2n) is 5.97. The molecule has 2 aromatic carbocycles. The van der Waals surface area contributed by atoms with E-state index in [0.717, 1.165) is 11.6 Å². The van der Waals surface area contributed by atoms with E-state index >= 15 is 0 Å². The van der Waals surface area contributed by atoms with Crippen LogP contribution in [-0.2, 0) is 21.3 Å². The molecule has 0 aliphatic carbocycles. The van der Waals surface area contributed by atoms with Crippen LogP contribution in [0.5, 0.6) is 0 Å². The average molecular weight is 457 g/mol. The number of nitrogens with zero attached hydrogens (tertiary/aromatic N) is 1. The quantitative estimate of drug-likeness (QED) is 0.749. The highest BCUT2D eigenvalue weighted by Gasteiger charge is 2.26. The van der Waals surface area contributed by atoms with Gasteiger partial charge in [-0.05, 0) is 51.8 Å². The highest BCUT2D eigenvalue weighted by atomic mass is 79.9. The molecule has 1 amide bonds. The molecule has 6 nitrogen and oxygen atoms in total. The van der Waals surface area contributed by atoms with E-state index in [1.165, 1.54) is 28.6 Å². The topological polar surface area (TPSA) is 75.7 Å². The molecule has 0 radical (unpaired) electrons. The van der Waals surface area contributed by atoms with Crippen LogP contribution in [0.25, 0.3) is 0 Å².